The van der Waals surface area contributed by atoms with Gasteiger partial charge in [-0.15, -0.1) is 24.8 Å². The number of halogens is 2. The summed E-state index contributed by atoms with van der Waals surface area (Å²) in [6.45, 7) is 9.10. The molecular weight excluding hydrogens is 282 g/mol. The van der Waals surface area contributed by atoms with Gasteiger partial charge in [-0.3, -0.25) is 0 Å². The summed E-state index contributed by atoms with van der Waals surface area (Å²) in [7, 11) is 0. The molecule has 1 aliphatic carbocycles. The molecule has 0 unspecified atom stereocenters. The topological polar surface area (TPSA) is 0 Å². The van der Waals surface area contributed by atoms with Crippen LogP contribution in [0.3, 0.4) is 0 Å². The maximum absolute atomic E-state index is 2.37. The van der Waals surface area contributed by atoms with Crippen molar-refractivity contribution in [2.75, 3.05) is 0 Å². The van der Waals surface area contributed by atoms with Crippen LogP contribution in [-0.4, -0.2) is 0 Å². The first-order valence-corrected chi connectivity index (χ1v) is 5.26. The standard InChI is InChI=1S/C10H15.2ClH.Zr/c1-8-5-6-9(7-8)10(2,3)4;;;/h7H,6H2,1-4H3;2*1H;. The second-order valence-corrected chi connectivity index (χ2v) is 5.74. The zero-order valence-corrected chi connectivity index (χ0v) is 12.7. The van der Waals surface area contributed by atoms with Crippen LogP contribution in [0.2, 0.25) is 0 Å². The van der Waals surface area contributed by atoms with Gasteiger partial charge in [-0.05, 0) is 0 Å². The summed E-state index contributed by atoms with van der Waals surface area (Å²) in [4.78, 5) is 0. The third-order valence-electron chi connectivity index (χ3n) is 2.20. The van der Waals surface area contributed by atoms with E-state index in [9.17, 15) is 0 Å². The van der Waals surface area contributed by atoms with E-state index >= 15 is 0 Å². The van der Waals surface area contributed by atoms with Gasteiger partial charge in [0.1, 0.15) is 0 Å². The van der Waals surface area contributed by atoms with Gasteiger partial charge in [0.05, 0.1) is 0 Å². The van der Waals surface area contributed by atoms with Crippen LogP contribution >= 0.6 is 24.8 Å². The van der Waals surface area contributed by atoms with E-state index in [2.05, 4.69) is 33.8 Å². The van der Waals surface area contributed by atoms with Gasteiger partial charge in [0.2, 0.25) is 0 Å². The van der Waals surface area contributed by atoms with Crippen LogP contribution in [0.15, 0.2) is 20.5 Å². The van der Waals surface area contributed by atoms with E-state index in [1.165, 1.54) is 12.0 Å². The van der Waals surface area contributed by atoms with E-state index in [-0.39, 0.29) is 24.8 Å². The zero-order valence-electron chi connectivity index (χ0n) is 8.60. The predicted octanol–water partition coefficient (Wildman–Crippen LogP) is 4.03. The zero-order chi connectivity index (χ0) is 8.65. The Kier molecular flexibility index (Phi) is 7.22. The van der Waals surface area contributed by atoms with Gasteiger partial charge in [-0.1, -0.05) is 0 Å². The molecule has 0 heterocycles. The summed E-state index contributed by atoms with van der Waals surface area (Å²) in [6.07, 6.45) is 3.59. The van der Waals surface area contributed by atoms with Crippen molar-refractivity contribution in [1.82, 2.24) is 0 Å². The Bertz CT molecular complexity index is 234. The van der Waals surface area contributed by atoms with Gasteiger partial charge in [-0.2, -0.15) is 0 Å². The third kappa shape index (κ3) is 4.32. The molecule has 1 aliphatic rings. The summed E-state index contributed by atoms with van der Waals surface area (Å²) in [5.74, 6) is 0. The molecule has 0 nitrogen and oxygen atoms in total. The first-order chi connectivity index (χ1) is 4.91. The fraction of sp³-hybridized carbons (Fsp3) is 0.600. The monoisotopic (exact) mass is 297 g/mol. The minimum atomic E-state index is 0. The van der Waals surface area contributed by atoms with Gasteiger partial charge < -0.3 is 0 Å². The Hall–Kier alpha value is 0.943. The van der Waals surface area contributed by atoms with Gasteiger partial charge in [0.25, 0.3) is 0 Å². The van der Waals surface area contributed by atoms with Crippen LogP contribution in [0.4, 0.5) is 0 Å². The van der Waals surface area contributed by atoms with Crippen molar-refractivity contribution in [3.8, 4) is 0 Å². The minimum Gasteiger partial charge on any atom is -0.147 e. The summed E-state index contributed by atoms with van der Waals surface area (Å²) < 4.78 is 1.63. The van der Waals surface area contributed by atoms with Crippen molar-refractivity contribution in [3.63, 3.8) is 0 Å². The van der Waals surface area contributed by atoms with Crippen LogP contribution < -0.4 is 0 Å². The Labute approximate surface area is 109 Å². The number of hydrogen-bond acceptors (Lipinski definition) is 0. The van der Waals surface area contributed by atoms with E-state index in [1.54, 1.807) is 33.6 Å². The Balaban J connectivity index is 0. The van der Waals surface area contributed by atoms with Crippen LogP contribution in [0, 0.1) is 5.41 Å². The summed E-state index contributed by atoms with van der Waals surface area (Å²) in [5, 5.41) is 0. The Morgan fingerprint density at radius 3 is 1.85 bits per heavy atom. The molecule has 0 fully saturated rings. The predicted molar refractivity (Wildman–Crippen MR) is 59.4 cm³/mol. The first kappa shape index (κ1) is 16.4. The molecule has 0 saturated carbocycles. The number of allylic oxidation sites excluding steroid dienone is 4. The second-order valence-electron chi connectivity index (χ2n) is 4.26. The molecule has 0 bridgehead atoms. The minimum absolute atomic E-state index is 0. The molecule has 1 rings (SSSR count). The van der Waals surface area contributed by atoms with Crippen molar-refractivity contribution in [1.29, 1.82) is 0 Å². The van der Waals surface area contributed by atoms with Crippen molar-refractivity contribution < 1.29 is 24.7 Å². The summed E-state index contributed by atoms with van der Waals surface area (Å²) in [5.41, 5.74) is 3.48. The molecule has 0 N–H and O–H groups in total. The number of hydrogen-bond donors (Lipinski definition) is 0. The van der Waals surface area contributed by atoms with Crippen molar-refractivity contribution in [2.45, 2.75) is 34.1 Å². The van der Waals surface area contributed by atoms with Gasteiger partial charge in [-0.25, -0.2) is 0 Å². The molecule has 0 amide bonds. The molecular formula is C10H17Cl2Zr. The molecule has 0 aromatic heterocycles. The van der Waals surface area contributed by atoms with Gasteiger partial charge in [0, 0.05) is 0 Å². The van der Waals surface area contributed by atoms with Crippen LogP contribution in [0.1, 0.15) is 34.1 Å². The van der Waals surface area contributed by atoms with Crippen LogP contribution in [0.25, 0.3) is 0 Å². The largest absolute Gasteiger partial charge is 0.147 e. The van der Waals surface area contributed by atoms with Crippen LogP contribution in [0.5, 0.6) is 0 Å². The fourth-order valence-corrected chi connectivity index (χ4v) is 1.86. The molecule has 0 spiro atoms. The van der Waals surface area contributed by atoms with E-state index < -0.39 is 0 Å². The van der Waals surface area contributed by atoms with Crippen molar-refractivity contribution >= 4 is 24.8 Å². The van der Waals surface area contributed by atoms with E-state index in [4.69, 9.17) is 0 Å². The molecule has 3 heteroatoms. The molecule has 75 valence electrons. The average molecular weight is 299 g/mol. The fourth-order valence-electron chi connectivity index (χ4n) is 1.21. The molecule has 0 aromatic carbocycles. The quantitative estimate of drug-likeness (QED) is 0.633. The molecule has 13 heavy (non-hydrogen) atoms. The second kappa shape index (κ2) is 5.73. The number of rotatable bonds is 0. The average Bonchev–Trinajstić information content (AvgIpc) is 2.11. The Morgan fingerprint density at radius 2 is 1.69 bits per heavy atom. The van der Waals surface area contributed by atoms with Gasteiger partial charge in [0.15, 0.2) is 0 Å². The maximum atomic E-state index is 2.37. The molecule has 0 saturated heterocycles. The van der Waals surface area contributed by atoms with Crippen molar-refractivity contribution in [3.05, 3.63) is 20.5 Å². The molecule has 0 atom stereocenters. The van der Waals surface area contributed by atoms with Crippen molar-refractivity contribution in [2.24, 2.45) is 5.41 Å². The van der Waals surface area contributed by atoms with Gasteiger partial charge >= 0.3 is 84.8 Å². The third-order valence-corrected chi connectivity index (χ3v) is 3.60. The van der Waals surface area contributed by atoms with E-state index in [0.29, 0.717) is 5.41 Å². The molecule has 0 radical (unpaired) electrons. The first-order valence-electron chi connectivity index (χ1n) is 4.03. The Morgan fingerprint density at radius 1 is 1.23 bits per heavy atom. The summed E-state index contributed by atoms with van der Waals surface area (Å²) >= 11 is 1.58. The van der Waals surface area contributed by atoms with Crippen LogP contribution in [-0.2, 0) is 24.7 Å². The smallest absolute Gasteiger partial charge is 0.147 e. The molecule has 0 aliphatic heterocycles. The maximum Gasteiger partial charge on any atom is -0.147 e. The SMILES string of the molecule is CC1=[C]([Zr])CC(C(C)(C)C)=C1.Cl.Cl. The van der Waals surface area contributed by atoms with E-state index in [0.717, 1.165) is 0 Å². The normalized spacial score (nSPS) is 16.1. The van der Waals surface area contributed by atoms with E-state index in [1.807, 2.05) is 0 Å². The summed E-state index contributed by atoms with van der Waals surface area (Å²) in [6, 6.07) is 0. The molecule has 0 aromatic rings.